The fourth-order valence-corrected chi connectivity index (χ4v) is 3.70. The van der Waals surface area contributed by atoms with E-state index >= 15 is 0 Å². The van der Waals surface area contributed by atoms with Crippen LogP contribution in [0.5, 0.6) is 0 Å². The first-order valence-corrected chi connectivity index (χ1v) is 10.7. The predicted octanol–water partition coefficient (Wildman–Crippen LogP) is 3.51. The predicted molar refractivity (Wildman–Crippen MR) is 119 cm³/mol. The zero-order valence-electron chi connectivity index (χ0n) is 19.4. The number of aromatic nitrogens is 2. The Labute approximate surface area is 184 Å². The number of ketones is 1. The van der Waals surface area contributed by atoms with Gasteiger partial charge in [-0.25, -0.2) is 4.79 Å². The smallest absolute Gasteiger partial charge is 0.355 e. The van der Waals surface area contributed by atoms with Crippen molar-refractivity contribution in [3.63, 3.8) is 0 Å². The number of nitrogens with zero attached hydrogens (tertiary/aromatic N) is 3. The highest BCUT2D eigenvalue weighted by Gasteiger charge is 2.27. The summed E-state index contributed by atoms with van der Waals surface area (Å²) in [6.45, 7) is 9.89. The SMILES string of the molecule is CCOC(=O)c1c(C)c(C(=O)CN(CCc2ccccn2)C(=O)CC(C)C)c(C)n1C. The van der Waals surface area contributed by atoms with Crippen molar-refractivity contribution in [3.8, 4) is 0 Å². The molecule has 31 heavy (non-hydrogen) atoms. The Morgan fingerprint density at radius 3 is 2.48 bits per heavy atom. The minimum absolute atomic E-state index is 0.0354. The van der Waals surface area contributed by atoms with Gasteiger partial charge in [0, 0.05) is 49.6 Å². The summed E-state index contributed by atoms with van der Waals surface area (Å²) >= 11 is 0. The molecule has 0 N–H and O–H groups in total. The van der Waals surface area contributed by atoms with Gasteiger partial charge in [0.1, 0.15) is 5.69 Å². The molecule has 2 aromatic rings. The maximum Gasteiger partial charge on any atom is 0.355 e. The number of esters is 1. The highest BCUT2D eigenvalue weighted by atomic mass is 16.5. The normalized spacial score (nSPS) is 10.9. The summed E-state index contributed by atoms with van der Waals surface area (Å²) in [4.78, 5) is 44.4. The largest absolute Gasteiger partial charge is 0.461 e. The average Bonchev–Trinajstić information content (AvgIpc) is 2.94. The Bertz CT molecular complexity index is 932. The summed E-state index contributed by atoms with van der Waals surface area (Å²) in [5, 5.41) is 0. The van der Waals surface area contributed by atoms with Crippen molar-refractivity contribution in [2.75, 3.05) is 19.7 Å². The number of carbonyl (C=O) groups excluding carboxylic acids is 3. The summed E-state index contributed by atoms with van der Waals surface area (Å²) in [6, 6.07) is 5.65. The van der Waals surface area contributed by atoms with Crippen LogP contribution >= 0.6 is 0 Å². The maximum atomic E-state index is 13.3. The molecular weight excluding hydrogens is 394 g/mol. The van der Waals surface area contributed by atoms with Gasteiger partial charge in [-0.15, -0.1) is 0 Å². The van der Waals surface area contributed by atoms with Gasteiger partial charge in [-0.2, -0.15) is 0 Å². The summed E-state index contributed by atoms with van der Waals surface area (Å²) in [7, 11) is 1.74. The van der Waals surface area contributed by atoms with E-state index in [0.29, 0.717) is 41.9 Å². The molecule has 7 nitrogen and oxygen atoms in total. The van der Waals surface area contributed by atoms with Crippen LogP contribution in [0.1, 0.15) is 65.0 Å². The Morgan fingerprint density at radius 1 is 1.19 bits per heavy atom. The lowest BCUT2D eigenvalue weighted by Crippen LogP contribution is -2.38. The monoisotopic (exact) mass is 427 g/mol. The molecule has 0 unspecified atom stereocenters. The van der Waals surface area contributed by atoms with Crippen LogP contribution in [0.15, 0.2) is 24.4 Å². The van der Waals surface area contributed by atoms with Gasteiger partial charge in [0.05, 0.1) is 13.2 Å². The maximum absolute atomic E-state index is 13.3. The van der Waals surface area contributed by atoms with Gasteiger partial charge in [0.15, 0.2) is 5.78 Å². The van der Waals surface area contributed by atoms with E-state index in [1.54, 1.807) is 43.5 Å². The standard InChI is InChI=1S/C24H33N3O4/c1-7-31-24(30)23-17(4)22(18(5)26(23)6)20(28)15-27(21(29)14-16(2)3)13-11-19-10-8-9-12-25-19/h8-10,12,16H,7,11,13-15H2,1-6H3. The van der Waals surface area contributed by atoms with E-state index in [4.69, 9.17) is 4.74 Å². The van der Waals surface area contributed by atoms with Crippen LogP contribution < -0.4 is 0 Å². The Kier molecular flexibility index (Phi) is 8.54. The summed E-state index contributed by atoms with van der Waals surface area (Å²) in [6.07, 6.45) is 2.66. The summed E-state index contributed by atoms with van der Waals surface area (Å²) in [5.74, 6) is -0.501. The molecule has 0 radical (unpaired) electrons. The molecule has 0 atom stereocenters. The molecule has 0 aromatic carbocycles. The molecule has 0 saturated carbocycles. The van der Waals surface area contributed by atoms with E-state index in [1.165, 1.54) is 0 Å². The van der Waals surface area contributed by atoms with Crippen LogP contribution in [0, 0.1) is 19.8 Å². The number of rotatable bonds is 10. The number of ether oxygens (including phenoxy) is 1. The van der Waals surface area contributed by atoms with Gasteiger partial charge in [-0.05, 0) is 44.4 Å². The van der Waals surface area contributed by atoms with E-state index in [1.807, 2.05) is 32.0 Å². The van der Waals surface area contributed by atoms with Crippen molar-refractivity contribution in [3.05, 3.63) is 52.6 Å². The molecule has 0 aliphatic heterocycles. The second-order valence-electron chi connectivity index (χ2n) is 8.12. The third-order valence-corrected chi connectivity index (χ3v) is 5.31. The molecule has 0 spiro atoms. The molecular formula is C24H33N3O4. The fraction of sp³-hybridized carbons (Fsp3) is 0.500. The van der Waals surface area contributed by atoms with Crippen molar-refractivity contribution in [1.29, 1.82) is 0 Å². The van der Waals surface area contributed by atoms with Gasteiger partial charge in [0.25, 0.3) is 0 Å². The van der Waals surface area contributed by atoms with Crippen LogP contribution in [0.2, 0.25) is 0 Å². The zero-order chi connectivity index (χ0) is 23.1. The Morgan fingerprint density at radius 2 is 1.90 bits per heavy atom. The van der Waals surface area contributed by atoms with E-state index in [9.17, 15) is 14.4 Å². The van der Waals surface area contributed by atoms with Gasteiger partial charge >= 0.3 is 5.97 Å². The minimum atomic E-state index is -0.451. The lowest BCUT2D eigenvalue weighted by Gasteiger charge is -2.23. The quantitative estimate of drug-likeness (QED) is 0.428. The molecule has 2 heterocycles. The fourth-order valence-electron chi connectivity index (χ4n) is 3.70. The number of amides is 1. The van der Waals surface area contributed by atoms with Gasteiger partial charge in [-0.3, -0.25) is 14.6 Å². The number of pyridine rings is 1. The molecule has 0 aliphatic carbocycles. The molecule has 0 saturated heterocycles. The Hall–Kier alpha value is -2.96. The molecule has 0 fully saturated rings. The third-order valence-electron chi connectivity index (χ3n) is 5.31. The highest BCUT2D eigenvalue weighted by molar-refractivity contribution is 6.04. The van der Waals surface area contributed by atoms with Gasteiger partial charge < -0.3 is 14.2 Å². The topological polar surface area (TPSA) is 81.5 Å². The second-order valence-corrected chi connectivity index (χ2v) is 8.12. The van der Waals surface area contributed by atoms with Crippen molar-refractivity contribution in [2.24, 2.45) is 13.0 Å². The van der Waals surface area contributed by atoms with E-state index in [0.717, 1.165) is 5.69 Å². The number of Topliss-reactive ketones (excluding diaryl/α,β-unsaturated/α-hetero) is 1. The van der Waals surface area contributed by atoms with Crippen LogP contribution in [0.25, 0.3) is 0 Å². The summed E-state index contributed by atoms with van der Waals surface area (Å²) < 4.78 is 6.83. The first kappa shape index (κ1) is 24.3. The average molecular weight is 428 g/mol. The second kappa shape index (κ2) is 10.9. The minimum Gasteiger partial charge on any atom is -0.461 e. The molecule has 2 aromatic heterocycles. The number of carbonyl (C=O) groups is 3. The molecule has 0 bridgehead atoms. The molecule has 2 rings (SSSR count). The van der Waals surface area contributed by atoms with Crippen molar-refractivity contribution in [2.45, 2.75) is 47.5 Å². The van der Waals surface area contributed by atoms with Crippen LogP contribution in [-0.2, 0) is 23.0 Å². The first-order chi connectivity index (χ1) is 14.7. The number of hydrogen-bond acceptors (Lipinski definition) is 5. The van der Waals surface area contributed by atoms with E-state index in [2.05, 4.69) is 4.98 Å². The van der Waals surface area contributed by atoms with Crippen LogP contribution in [0.3, 0.4) is 0 Å². The molecule has 7 heteroatoms. The molecule has 1 amide bonds. The first-order valence-electron chi connectivity index (χ1n) is 10.7. The van der Waals surface area contributed by atoms with Crippen LogP contribution in [-0.4, -0.2) is 51.8 Å². The van der Waals surface area contributed by atoms with Gasteiger partial charge in [0.2, 0.25) is 5.91 Å². The Balaban J connectivity index is 2.27. The lowest BCUT2D eigenvalue weighted by atomic mass is 10.0. The van der Waals surface area contributed by atoms with Crippen molar-refractivity contribution >= 4 is 17.7 Å². The van der Waals surface area contributed by atoms with E-state index < -0.39 is 5.97 Å². The highest BCUT2D eigenvalue weighted by Crippen LogP contribution is 2.23. The number of hydrogen-bond donors (Lipinski definition) is 0. The van der Waals surface area contributed by atoms with E-state index in [-0.39, 0.29) is 30.8 Å². The molecule has 0 aliphatic rings. The van der Waals surface area contributed by atoms with Crippen molar-refractivity contribution < 1.29 is 19.1 Å². The van der Waals surface area contributed by atoms with Gasteiger partial charge in [-0.1, -0.05) is 19.9 Å². The van der Waals surface area contributed by atoms with Crippen molar-refractivity contribution in [1.82, 2.24) is 14.5 Å². The lowest BCUT2D eigenvalue weighted by molar-refractivity contribution is -0.131. The molecule has 168 valence electrons. The third kappa shape index (κ3) is 6.03. The van der Waals surface area contributed by atoms with Crippen LogP contribution in [0.4, 0.5) is 0 Å². The zero-order valence-corrected chi connectivity index (χ0v) is 19.4. The summed E-state index contributed by atoms with van der Waals surface area (Å²) in [5.41, 5.74) is 2.99.